The summed E-state index contributed by atoms with van der Waals surface area (Å²) in [6.45, 7) is 2.43. The van der Waals surface area contributed by atoms with Crippen molar-refractivity contribution < 1.29 is 23.5 Å². The van der Waals surface area contributed by atoms with Gasteiger partial charge in [0.1, 0.15) is 17.3 Å². The molecule has 1 aliphatic heterocycles. The Bertz CT molecular complexity index is 931. The van der Waals surface area contributed by atoms with Crippen LogP contribution in [0.3, 0.4) is 0 Å². The maximum absolute atomic E-state index is 13.0. The standard InChI is InChI=1S/C22H25ClFN3O4/c1-30-19-13-20(31-2)18(12-17(19)23)25-21(28)14-26-7-9-27(10-8-26)22(29)11-15-3-5-16(24)6-4-15/h3-6,12-13H,7-11,14H2,1-2H3,(H,25,28). The number of nitrogens with zero attached hydrogens (tertiary/aromatic N) is 2. The van der Waals surface area contributed by atoms with Crippen molar-refractivity contribution in [2.45, 2.75) is 6.42 Å². The molecule has 1 aliphatic rings. The Hall–Kier alpha value is -2.84. The molecule has 0 saturated carbocycles. The third-order valence-electron chi connectivity index (χ3n) is 5.11. The monoisotopic (exact) mass is 449 g/mol. The molecule has 31 heavy (non-hydrogen) atoms. The van der Waals surface area contributed by atoms with Gasteiger partial charge in [-0.3, -0.25) is 14.5 Å². The molecule has 0 aliphatic carbocycles. The third kappa shape index (κ3) is 6.08. The molecule has 2 aromatic rings. The number of piperazine rings is 1. The molecule has 2 amide bonds. The van der Waals surface area contributed by atoms with Crippen LogP contribution >= 0.6 is 11.6 Å². The SMILES string of the molecule is COc1cc(OC)c(NC(=O)CN2CCN(C(=O)Cc3ccc(F)cc3)CC2)cc1Cl. The van der Waals surface area contributed by atoms with Crippen molar-refractivity contribution in [3.8, 4) is 11.5 Å². The molecular formula is C22H25ClFN3O4. The fourth-order valence-electron chi connectivity index (χ4n) is 3.39. The Labute approximate surface area is 185 Å². The number of methoxy groups -OCH3 is 2. The number of carbonyl (C=O) groups excluding carboxylic acids is 2. The summed E-state index contributed by atoms with van der Waals surface area (Å²) in [5.74, 6) is 0.375. The van der Waals surface area contributed by atoms with E-state index >= 15 is 0 Å². The lowest BCUT2D eigenvalue weighted by atomic mass is 10.1. The highest BCUT2D eigenvalue weighted by molar-refractivity contribution is 6.32. The van der Waals surface area contributed by atoms with Crippen LogP contribution in [0.5, 0.6) is 11.5 Å². The number of benzene rings is 2. The summed E-state index contributed by atoms with van der Waals surface area (Å²) in [7, 11) is 3.00. The maximum Gasteiger partial charge on any atom is 0.238 e. The summed E-state index contributed by atoms with van der Waals surface area (Å²) in [6, 6.07) is 9.14. The van der Waals surface area contributed by atoms with Gasteiger partial charge in [0, 0.05) is 32.2 Å². The molecule has 0 radical (unpaired) electrons. The molecule has 1 fully saturated rings. The summed E-state index contributed by atoms with van der Waals surface area (Å²) in [5.41, 5.74) is 1.24. The fraction of sp³-hybridized carbons (Fsp3) is 0.364. The molecule has 0 aromatic heterocycles. The molecule has 0 spiro atoms. The van der Waals surface area contributed by atoms with E-state index in [-0.39, 0.29) is 30.6 Å². The highest BCUT2D eigenvalue weighted by atomic mass is 35.5. The average molecular weight is 450 g/mol. The number of rotatable bonds is 7. The number of halogens is 2. The molecule has 0 unspecified atom stereocenters. The smallest absolute Gasteiger partial charge is 0.238 e. The predicted molar refractivity (Wildman–Crippen MR) is 116 cm³/mol. The zero-order valence-electron chi connectivity index (χ0n) is 17.5. The normalized spacial score (nSPS) is 14.3. The molecule has 166 valence electrons. The highest BCUT2D eigenvalue weighted by Gasteiger charge is 2.23. The minimum absolute atomic E-state index is 0.00618. The van der Waals surface area contributed by atoms with Crippen molar-refractivity contribution >= 4 is 29.1 Å². The summed E-state index contributed by atoms with van der Waals surface area (Å²) in [5, 5.41) is 3.18. The van der Waals surface area contributed by atoms with E-state index < -0.39 is 0 Å². The molecule has 1 saturated heterocycles. The van der Waals surface area contributed by atoms with Gasteiger partial charge in [-0.05, 0) is 23.8 Å². The first-order valence-corrected chi connectivity index (χ1v) is 10.2. The van der Waals surface area contributed by atoms with Crippen molar-refractivity contribution in [3.63, 3.8) is 0 Å². The first kappa shape index (κ1) is 22.8. The topological polar surface area (TPSA) is 71.1 Å². The van der Waals surface area contributed by atoms with Crippen LogP contribution in [0.15, 0.2) is 36.4 Å². The van der Waals surface area contributed by atoms with Crippen LogP contribution in [0.2, 0.25) is 5.02 Å². The first-order chi connectivity index (χ1) is 14.9. The van der Waals surface area contributed by atoms with Gasteiger partial charge in [0.2, 0.25) is 11.8 Å². The summed E-state index contributed by atoms with van der Waals surface area (Å²) < 4.78 is 23.5. The Morgan fingerprint density at radius 3 is 2.29 bits per heavy atom. The molecule has 0 bridgehead atoms. The summed E-state index contributed by atoms with van der Waals surface area (Å²) in [6.07, 6.45) is 0.235. The number of amides is 2. The fourth-order valence-corrected chi connectivity index (χ4v) is 3.64. The minimum Gasteiger partial charge on any atom is -0.495 e. The first-order valence-electron chi connectivity index (χ1n) is 9.85. The van der Waals surface area contributed by atoms with Gasteiger partial charge in [-0.2, -0.15) is 0 Å². The summed E-state index contributed by atoms with van der Waals surface area (Å²) >= 11 is 6.15. The Morgan fingerprint density at radius 2 is 1.68 bits per heavy atom. The number of hydrogen-bond donors (Lipinski definition) is 1. The summed E-state index contributed by atoms with van der Waals surface area (Å²) in [4.78, 5) is 28.7. The van der Waals surface area contributed by atoms with Gasteiger partial charge in [-0.25, -0.2) is 4.39 Å². The lowest BCUT2D eigenvalue weighted by Gasteiger charge is -2.34. The highest BCUT2D eigenvalue weighted by Crippen LogP contribution is 2.35. The quantitative estimate of drug-likeness (QED) is 0.703. The molecule has 7 nitrogen and oxygen atoms in total. The number of anilines is 1. The van der Waals surface area contributed by atoms with Crippen LogP contribution in [0.1, 0.15) is 5.56 Å². The lowest BCUT2D eigenvalue weighted by Crippen LogP contribution is -2.50. The van der Waals surface area contributed by atoms with Gasteiger partial charge in [0.25, 0.3) is 0 Å². The molecular weight excluding hydrogens is 425 g/mol. The molecule has 1 N–H and O–H groups in total. The van der Waals surface area contributed by atoms with Crippen molar-refractivity contribution in [1.82, 2.24) is 9.80 Å². The van der Waals surface area contributed by atoms with Crippen molar-refractivity contribution in [1.29, 1.82) is 0 Å². The number of nitrogens with one attached hydrogen (secondary N) is 1. The molecule has 3 rings (SSSR count). The van der Waals surface area contributed by atoms with Gasteiger partial charge in [0.05, 0.1) is 37.9 Å². The van der Waals surface area contributed by atoms with E-state index in [2.05, 4.69) is 5.32 Å². The van der Waals surface area contributed by atoms with E-state index in [1.54, 1.807) is 29.2 Å². The molecule has 2 aromatic carbocycles. The minimum atomic E-state index is -0.322. The van der Waals surface area contributed by atoms with Crippen LogP contribution in [0, 0.1) is 5.82 Å². The van der Waals surface area contributed by atoms with Gasteiger partial charge in [-0.1, -0.05) is 23.7 Å². The second kappa shape index (κ2) is 10.5. The van der Waals surface area contributed by atoms with Crippen molar-refractivity contribution in [3.05, 3.63) is 52.8 Å². The largest absolute Gasteiger partial charge is 0.495 e. The Morgan fingerprint density at radius 1 is 1.03 bits per heavy atom. The molecule has 1 heterocycles. The second-order valence-corrected chi connectivity index (χ2v) is 7.60. The number of carbonyl (C=O) groups is 2. The van der Waals surface area contributed by atoms with Gasteiger partial charge in [-0.15, -0.1) is 0 Å². The maximum atomic E-state index is 13.0. The van der Waals surface area contributed by atoms with E-state index in [9.17, 15) is 14.0 Å². The Kier molecular flexibility index (Phi) is 7.70. The third-order valence-corrected chi connectivity index (χ3v) is 5.40. The van der Waals surface area contributed by atoms with E-state index in [1.165, 1.54) is 26.4 Å². The van der Waals surface area contributed by atoms with Gasteiger partial charge in [0.15, 0.2) is 0 Å². The van der Waals surface area contributed by atoms with Crippen LogP contribution in [0.4, 0.5) is 10.1 Å². The van der Waals surface area contributed by atoms with Gasteiger partial charge >= 0.3 is 0 Å². The van der Waals surface area contributed by atoms with Crippen LogP contribution < -0.4 is 14.8 Å². The van der Waals surface area contributed by atoms with Gasteiger partial charge < -0.3 is 19.7 Å². The zero-order valence-corrected chi connectivity index (χ0v) is 18.2. The van der Waals surface area contributed by atoms with Crippen molar-refractivity contribution in [2.75, 3.05) is 52.3 Å². The zero-order chi connectivity index (χ0) is 22.4. The van der Waals surface area contributed by atoms with E-state index in [0.717, 1.165) is 5.56 Å². The van der Waals surface area contributed by atoms with Crippen molar-refractivity contribution in [2.24, 2.45) is 0 Å². The predicted octanol–water partition coefficient (Wildman–Crippen LogP) is 2.82. The van der Waals surface area contributed by atoms with Crippen LogP contribution in [0.25, 0.3) is 0 Å². The Balaban J connectivity index is 1.49. The molecule has 9 heteroatoms. The second-order valence-electron chi connectivity index (χ2n) is 7.20. The van der Waals surface area contributed by atoms with E-state index in [0.29, 0.717) is 48.4 Å². The lowest BCUT2D eigenvalue weighted by molar-refractivity contribution is -0.132. The van der Waals surface area contributed by atoms with E-state index in [4.69, 9.17) is 21.1 Å². The number of hydrogen-bond acceptors (Lipinski definition) is 5. The molecule has 0 atom stereocenters. The average Bonchev–Trinajstić information content (AvgIpc) is 2.76. The van der Waals surface area contributed by atoms with Crippen LogP contribution in [-0.4, -0.2) is 68.6 Å². The number of ether oxygens (including phenoxy) is 2. The van der Waals surface area contributed by atoms with E-state index in [1.807, 2.05) is 4.90 Å². The van der Waals surface area contributed by atoms with Crippen LogP contribution in [-0.2, 0) is 16.0 Å².